The Bertz CT molecular complexity index is 438. The fourth-order valence-corrected chi connectivity index (χ4v) is 2.18. The van der Waals surface area contributed by atoms with Crippen molar-refractivity contribution < 1.29 is 14.3 Å². The van der Waals surface area contributed by atoms with Crippen molar-refractivity contribution in [3.8, 4) is 5.75 Å². The highest BCUT2D eigenvalue weighted by Gasteiger charge is 2.14. The lowest BCUT2D eigenvalue weighted by atomic mass is 10.1. The average molecular weight is 292 g/mol. The van der Waals surface area contributed by atoms with E-state index in [1.165, 1.54) is 5.56 Å². The Labute approximate surface area is 128 Å². The van der Waals surface area contributed by atoms with Gasteiger partial charge in [-0.15, -0.1) is 0 Å². The van der Waals surface area contributed by atoms with Gasteiger partial charge in [0.2, 0.25) is 0 Å². The van der Waals surface area contributed by atoms with E-state index < -0.39 is 0 Å². The third-order valence-corrected chi connectivity index (χ3v) is 3.26. The molecule has 0 atom stereocenters. The zero-order valence-electron chi connectivity index (χ0n) is 13.8. The van der Waals surface area contributed by atoms with Gasteiger partial charge in [0.1, 0.15) is 11.3 Å². The number of carbonyl (C=O) groups excluding carboxylic acids is 1. The van der Waals surface area contributed by atoms with Crippen LogP contribution in [-0.2, 0) is 11.2 Å². The molecule has 118 valence electrons. The maximum absolute atomic E-state index is 12.0. The molecule has 0 saturated heterocycles. The molecule has 0 amide bonds. The summed E-state index contributed by atoms with van der Waals surface area (Å²) in [5.41, 5.74) is 1.73. The SMILES string of the molecule is CCCc1ccc(C(=O)OCC)c(OCCCC(C)C)c1. The zero-order chi connectivity index (χ0) is 15.7. The van der Waals surface area contributed by atoms with Gasteiger partial charge in [-0.05, 0) is 49.8 Å². The smallest absolute Gasteiger partial charge is 0.341 e. The molecule has 0 saturated carbocycles. The Morgan fingerprint density at radius 3 is 2.62 bits per heavy atom. The van der Waals surface area contributed by atoms with Crippen LogP contribution in [0.15, 0.2) is 18.2 Å². The molecule has 0 unspecified atom stereocenters. The first-order valence-corrected chi connectivity index (χ1v) is 8.01. The van der Waals surface area contributed by atoms with E-state index in [1.807, 2.05) is 25.1 Å². The second kappa shape index (κ2) is 9.43. The van der Waals surface area contributed by atoms with E-state index in [4.69, 9.17) is 9.47 Å². The summed E-state index contributed by atoms with van der Waals surface area (Å²) in [4.78, 5) is 12.0. The average Bonchev–Trinajstić information content (AvgIpc) is 2.44. The highest BCUT2D eigenvalue weighted by atomic mass is 16.5. The first kappa shape index (κ1) is 17.5. The number of aryl methyl sites for hydroxylation is 1. The van der Waals surface area contributed by atoms with Gasteiger partial charge in [0.05, 0.1) is 13.2 Å². The maximum atomic E-state index is 12.0. The Kier molecular flexibility index (Phi) is 7.88. The first-order valence-electron chi connectivity index (χ1n) is 8.01. The van der Waals surface area contributed by atoms with Gasteiger partial charge in [0.25, 0.3) is 0 Å². The highest BCUT2D eigenvalue weighted by Crippen LogP contribution is 2.23. The first-order chi connectivity index (χ1) is 10.1. The second-order valence-electron chi connectivity index (χ2n) is 5.69. The van der Waals surface area contributed by atoms with E-state index >= 15 is 0 Å². The van der Waals surface area contributed by atoms with Crippen LogP contribution < -0.4 is 4.74 Å². The molecule has 3 nitrogen and oxygen atoms in total. The second-order valence-corrected chi connectivity index (χ2v) is 5.69. The summed E-state index contributed by atoms with van der Waals surface area (Å²) in [6.45, 7) is 9.37. The minimum atomic E-state index is -0.306. The van der Waals surface area contributed by atoms with Crippen molar-refractivity contribution in [1.29, 1.82) is 0 Å². The molecule has 0 fully saturated rings. The van der Waals surface area contributed by atoms with Crippen molar-refractivity contribution in [2.75, 3.05) is 13.2 Å². The lowest BCUT2D eigenvalue weighted by molar-refractivity contribution is 0.0521. The van der Waals surface area contributed by atoms with Crippen LogP contribution in [-0.4, -0.2) is 19.2 Å². The van der Waals surface area contributed by atoms with Gasteiger partial charge in [0.15, 0.2) is 0 Å². The molecule has 0 N–H and O–H groups in total. The van der Waals surface area contributed by atoms with Gasteiger partial charge in [-0.25, -0.2) is 4.79 Å². The Morgan fingerprint density at radius 2 is 2.00 bits per heavy atom. The van der Waals surface area contributed by atoms with Crippen molar-refractivity contribution in [2.45, 2.75) is 53.4 Å². The van der Waals surface area contributed by atoms with Crippen LogP contribution in [0.2, 0.25) is 0 Å². The minimum absolute atomic E-state index is 0.306. The molecule has 0 aliphatic rings. The number of carbonyl (C=O) groups is 1. The quantitative estimate of drug-likeness (QED) is 0.491. The summed E-state index contributed by atoms with van der Waals surface area (Å²) in [5.74, 6) is 1.02. The third-order valence-electron chi connectivity index (χ3n) is 3.26. The van der Waals surface area contributed by atoms with Gasteiger partial charge in [-0.3, -0.25) is 0 Å². The van der Waals surface area contributed by atoms with Gasteiger partial charge < -0.3 is 9.47 Å². The molecule has 1 rings (SSSR count). The molecule has 1 aromatic rings. The van der Waals surface area contributed by atoms with E-state index in [0.717, 1.165) is 25.7 Å². The molecular weight excluding hydrogens is 264 g/mol. The molecule has 0 heterocycles. The monoisotopic (exact) mass is 292 g/mol. The predicted molar refractivity (Wildman–Crippen MR) is 86.0 cm³/mol. The molecule has 0 aliphatic heterocycles. The lowest BCUT2D eigenvalue weighted by Crippen LogP contribution is -2.09. The number of hydrogen-bond acceptors (Lipinski definition) is 3. The number of rotatable bonds is 9. The van der Waals surface area contributed by atoms with Crippen LogP contribution >= 0.6 is 0 Å². The van der Waals surface area contributed by atoms with Crippen LogP contribution in [0, 0.1) is 5.92 Å². The van der Waals surface area contributed by atoms with Gasteiger partial charge >= 0.3 is 5.97 Å². The van der Waals surface area contributed by atoms with Crippen LogP contribution in [0.3, 0.4) is 0 Å². The van der Waals surface area contributed by atoms with Crippen molar-refractivity contribution in [3.63, 3.8) is 0 Å². The molecule has 3 heteroatoms. The van der Waals surface area contributed by atoms with Crippen LogP contribution in [0.25, 0.3) is 0 Å². The number of ether oxygens (including phenoxy) is 2. The van der Waals surface area contributed by atoms with Crippen molar-refractivity contribution in [2.24, 2.45) is 5.92 Å². The molecule has 1 aromatic carbocycles. The van der Waals surface area contributed by atoms with Crippen molar-refractivity contribution in [3.05, 3.63) is 29.3 Å². The van der Waals surface area contributed by atoms with Crippen LogP contribution in [0.5, 0.6) is 5.75 Å². The highest BCUT2D eigenvalue weighted by molar-refractivity contribution is 5.92. The Balaban J connectivity index is 2.78. The van der Waals surface area contributed by atoms with Gasteiger partial charge in [0, 0.05) is 0 Å². The van der Waals surface area contributed by atoms with Crippen molar-refractivity contribution >= 4 is 5.97 Å². The number of hydrogen-bond donors (Lipinski definition) is 0. The number of benzene rings is 1. The molecule has 0 aromatic heterocycles. The molecular formula is C18H28O3. The van der Waals surface area contributed by atoms with Gasteiger partial charge in [-0.1, -0.05) is 33.3 Å². The largest absolute Gasteiger partial charge is 0.493 e. The molecule has 0 radical (unpaired) electrons. The Hall–Kier alpha value is -1.51. The fourth-order valence-electron chi connectivity index (χ4n) is 2.18. The summed E-state index contributed by atoms with van der Waals surface area (Å²) in [5, 5.41) is 0. The summed E-state index contributed by atoms with van der Waals surface area (Å²) >= 11 is 0. The topological polar surface area (TPSA) is 35.5 Å². The van der Waals surface area contributed by atoms with Crippen LogP contribution in [0.1, 0.15) is 62.9 Å². The van der Waals surface area contributed by atoms with Crippen LogP contribution in [0.4, 0.5) is 0 Å². The van der Waals surface area contributed by atoms with Gasteiger partial charge in [-0.2, -0.15) is 0 Å². The summed E-state index contributed by atoms with van der Waals surface area (Å²) in [6.07, 6.45) is 4.19. The summed E-state index contributed by atoms with van der Waals surface area (Å²) < 4.78 is 10.9. The normalized spacial score (nSPS) is 10.7. The fraction of sp³-hybridized carbons (Fsp3) is 0.611. The van der Waals surface area contributed by atoms with E-state index in [-0.39, 0.29) is 5.97 Å². The number of esters is 1. The molecule has 21 heavy (non-hydrogen) atoms. The zero-order valence-corrected chi connectivity index (χ0v) is 13.8. The molecule has 0 bridgehead atoms. The maximum Gasteiger partial charge on any atom is 0.341 e. The summed E-state index contributed by atoms with van der Waals surface area (Å²) in [6, 6.07) is 5.78. The van der Waals surface area contributed by atoms with E-state index in [2.05, 4.69) is 20.8 Å². The minimum Gasteiger partial charge on any atom is -0.493 e. The summed E-state index contributed by atoms with van der Waals surface area (Å²) in [7, 11) is 0. The Morgan fingerprint density at radius 1 is 1.24 bits per heavy atom. The lowest BCUT2D eigenvalue weighted by Gasteiger charge is -2.13. The standard InChI is InChI=1S/C18H28O3/c1-5-8-15-10-11-16(18(19)20-6-2)17(13-15)21-12-7-9-14(3)4/h10-11,13-14H,5-9,12H2,1-4H3. The molecule has 0 spiro atoms. The van der Waals surface area contributed by atoms with Crippen molar-refractivity contribution in [1.82, 2.24) is 0 Å². The van der Waals surface area contributed by atoms with E-state index in [0.29, 0.717) is 30.4 Å². The van der Waals surface area contributed by atoms with E-state index in [9.17, 15) is 4.79 Å². The third kappa shape index (κ3) is 6.19. The molecule has 0 aliphatic carbocycles. The van der Waals surface area contributed by atoms with E-state index in [1.54, 1.807) is 0 Å². The predicted octanol–water partition coefficient (Wildman–Crippen LogP) is 4.63.